The number of aryl methyl sites for hydroxylation is 1. The predicted molar refractivity (Wildman–Crippen MR) is 111 cm³/mol. The molecular formula is C21H29N5O. The number of benzene rings is 1. The molecule has 1 aliphatic rings. The van der Waals surface area contributed by atoms with Crippen molar-refractivity contribution in [2.75, 3.05) is 28.6 Å². The van der Waals surface area contributed by atoms with E-state index in [9.17, 15) is 4.79 Å². The average Bonchev–Trinajstić information content (AvgIpc) is 2.63. The van der Waals surface area contributed by atoms with E-state index in [0.717, 1.165) is 36.0 Å². The van der Waals surface area contributed by atoms with Gasteiger partial charge in [0.25, 0.3) is 0 Å². The largest absolute Gasteiger partial charge is 0.356 e. The second-order valence-corrected chi connectivity index (χ2v) is 8.15. The highest BCUT2D eigenvalue weighted by Gasteiger charge is 2.21. The van der Waals surface area contributed by atoms with Crippen LogP contribution in [-0.2, 0) is 4.79 Å². The highest BCUT2D eigenvalue weighted by Crippen LogP contribution is 2.23. The van der Waals surface area contributed by atoms with E-state index in [1.165, 1.54) is 19.3 Å². The summed E-state index contributed by atoms with van der Waals surface area (Å²) in [5, 5.41) is 6.20. The number of hydrogen-bond acceptors (Lipinski definition) is 5. The molecule has 0 unspecified atom stereocenters. The zero-order valence-electron chi connectivity index (χ0n) is 16.7. The third kappa shape index (κ3) is 5.18. The van der Waals surface area contributed by atoms with E-state index >= 15 is 0 Å². The molecule has 144 valence electrons. The normalized spacial score (nSPS) is 14.7. The van der Waals surface area contributed by atoms with Crippen LogP contribution >= 0.6 is 0 Å². The van der Waals surface area contributed by atoms with Crippen LogP contribution in [0.4, 0.5) is 23.1 Å². The first-order valence-corrected chi connectivity index (χ1v) is 9.60. The van der Waals surface area contributed by atoms with E-state index in [2.05, 4.69) is 25.5 Å². The third-order valence-electron chi connectivity index (χ3n) is 4.60. The standard InChI is InChI=1S/C21H29N5O/c1-15-14-18(26-12-6-5-7-13-26)25-20(22-15)24-17-10-8-16(9-11-17)23-19(27)21(2,3)4/h8-11,14H,5-7,12-13H2,1-4H3,(H,23,27)(H,22,24,25). The van der Waals surface area contributed by atoms with Gasteiger partial charge in [0.2, 0.25) is 11.9 Å². The van der Waals surface area contributed by atoms with Gasteiger partial charge in [-0.1, -0.05) is 20.8 Å². The van der Waals surface area contributed by atoms with Crippen molar-refractivity contribution in [3.05, 3.63) is 36.0 Å². The minimum atomic E-state index is -0.419. The topological polar surface area (TPSA) is 70.2 Å². The van der Waals surface area contributed by atoms with Crippen molar-refractivity contribution in [3.8, 4) is 0 Å². The fraction of sp³-hybridized carbons (Fsp3) is 0.476. The fourth-order valence-electron chi connectivity index (χ4n) is 2.98. The SMILES string of the molecule is Cc1cc(N2CCCCC2)nc(Nc2ccc(NC(=O)C(C)(C)C)cc2)n1. The van der Waals surface area contributed by atoms with Crippen LogP contribution in [0.3, 0.4) is 0 Å². The van der Waals surface area contributed by atoms with Crippen LogP contribution in [0.2, 0.25) is 0 Å². The first kappa shape index (κ1) is 19.1. The van der Waals surface area contributed by atoms with Gasteiger partial charge in [-0.15, -0.1) is 0 Å². The van der Waals surface area contributed by atoms with Crippen molar-refractivity contribution in [2.24, 2.45) is 5.41 Å². The number of carbonyl (C=O) groups is 1. The van der Waals surface area contributed by atoms with Crippen molar-refractivity contribution >= 4 is 29.0 Å². The van der Waals surface area contributed by atoms with Crippen molar-refractivity contribution in [2.45, 2.75) is 47.0 Å². The Morgan fingerprint density at radius 1 is 1.00 bits per heavy atom. The molecule has 2 aromatic rings. The molecule has 6 heteroatoms. The molecule has 0 saturated carbocycles. The Bertz CT molecular complexity index is 789. The molecule has 1 amide bonds. The summed E-state index contributed by atoms with van der Waals surface area (Å²) in [5.41, 5.74) is 2.19. The van der Waals surface area contributed by atoms with Crippen LogP contribution in [0.5, 0.6) is 0 Å². The molecule has 0 spiro atoms. The van der Waals surface area contributed by atoms with Gasteiger partial charge in [0.05, 0.1) is 0 Å². The Kier molecular flexibility index (Phi) is 5.63. The van der Waals surface area contributed by atoms with E-state index in [1.807, 2.05) is 58.0 Å². The Hall–Kier alpha value is -2.63. The molecule has 2 N–H and O–H groups in total. The molecule has 3 rings (SSSR count). The lowest BCUT2D eigenvalue weighted by Gasteiger charge is -2.28. The van der Waals surface area contributed by atoms with Gasteiger partial charge in [-0.2, -0.15) is 4.98 Å². The molecule has 6 nitrogen and oxygen atoms in total. The van der Waals surface area contributed by atoms with Crippen molar-refractivity contribution in [1.29, 1.82) is 0 Å². The van der Waals surface area contributed by atoms with Gasteiger partial charge < -0.3 is 15.5 Å². The summed E-state index contributed by atoms with van der Waals surface area (Å²) in [5.74, 6) is 1.58. The van der Waals surface area contributed by atoms with Crippen molar-refractivity contribution in [3.63, 3.8) is 0 Å². The lowest BCUT2D eigenvalue weighted by atomic mass is 9.95. The van der Waals surface area contributed by atoms with E-state index < -0.39 is 5.41 Å². The zero-order chi connectivity index (χ0) is 19.4. The molecule has 0 atom stereocenters. The smallest absolute Gasteiger partial charge is 0.229 e. The quantitative estimate of drug-likeness (QED) is 0.832. The van der Waals surface area contributed by atoms with E-state index in [4.69, 9.17) is 0 Å². The number of anilines is 4. The molecule has 1 aliphatic heterocycles. The Labute approximate surface area is 161 Å². The second-order valence-electron chi connectivity index (χ2n) is 8.15. The van der Waals surface area contributed by atoms with Crippen LogP contribution < -0.4 is 15.5 Å². The Morgan fingerprint density at radius 2 is 1.63 bits per heavy atom. The summed E-state index contributed by atoms with van der Waals surface area (Å²) >= 11 is 0. The van der Waals surface area contributed by atoms with Crippen LogP contribution in [0.1, 0.15) is 45.7 Å². The lowest BCUT2D eigenvalue weighted by Crippen LogP contribution is -2.30. The first-order valence-electron chi connectivity index (χ1n) is 9.60. The van der Waals surface area contributed by atoms with Gasteiger partial charge in [-0.05, 0) is 50.5 Å². The molecule has 1 aromatic carbocycles. The number of hydrogen-bond donors (Lipinski definition) is 2. The molecule has 1 saturated heterocycles. The summed E-state index contributed by atoms with van der Waals surface area (Å²) in [6, 6.07) is 9.65. The molecule has 0 aliphatic carbocycles. The molecule has 1 aromatic heterocycles. The van der Waals surface area contributed by atoms with Gasteiger partial charge in [0.15, 0.2) is 0 Å². The summed E-state index contributed by atoms with van der Waals surface area (Å²) in [7, 11) is 0. The minimum Gasteiger partial charge on any atom is -0.356 e. The maximum atomic E-state index is 12.1. The van der Waals surface area contributed by atoms with Crippen LogP contribution in [0.15, 0.2) is 30.3 Å². The number of carbonyl (C=O) groups excluding carboxylic acids is 1. The lowest BCUT2D eigenvalue weighted by molar-refractivity contribution is -0.123. The van der Waals surface area contributed by atoms with E-state index in [-0.39, 0.29) is 5.91 Å². The van der Waals surface area contributed by atoms with E-state index in [1.54, 1.807) is 0 Å². The molecule has 0 bridgehead atoms. The zero-order valence-corrected chi connectivity index (χ0v) is 16.7. The molecular weight excluding hydrogens is 338 g/mol. The molecule has 0 radical (unpaired) electrons. The van der Waals surface area contributed by atoms with E-state index in [0.29, 0.717) is 5.95 Å². The number of amides is 1. The van der Waals surface area contributed by atoms with Crippen molar-refractivity contribution < 1.29 is 4.79 Å². The highest BCUT2D eigenvalue weighted by molar-refractivity contribution is 5.94. The van der Waals surface area contributed by atoms with Crippen LogP contribution in [0, 0.1) is 12.3 Å². The summed E-state index contributed by atoms with van der Waals surface area (Å²) < 4.78 is 0. The number of nitrogens with one attached hydrogen (secondary N) is 2. The van der Waals surface area contributed by atoms with Gasteiger partial charge in [0.1, 0.15) is 5.82 Å². The minimum absolute atomic E-state index is 0.00333. The Morgan fingerprint density at radius 3 is 2.26 bits per heavy atom. The van der Waals surface area contributed by atoms with Crippen LogP contribution in [0.25, 0.3) is 0 Å². The number of nitrogens with zero attached hydrogens (tertiary/aromatic N) is 3. The Balaban J connectivity index is 1.70. The van der Waals surface area contributed by atoms with Gasteiger partial charge >= 0.3 is 0 Å². The average molecular weight is 367 g/mol. The number of piperidine rings is 1. The van der Waals surface area contributed by atoms with Crippen molar-refractivity contribution in [1.82, 2.24) is 9.97 Å². The number of rotatable bonds is 4. The third-order valence-corrected chi connectivity index (χ3v) is 4.60. The van der Waals surface area contributed by atoms with Gasteiger partial charge in [-0.3, -0.25) is 4.79 Å². The molecule has 27 heavy (non-hydrogen) atoms. The molecule has 1 fully saturated rings. The summed E-state index contributed by atoms with van der Waals surface area (Å²) in [6.07, 6.45) is 3.73. The maximum Gasteiger partial charge on any atom is 0.229 e. The second kappa shape index (κ2) is 7.94. The summed E-state index contributed by atoms with van der Waals surface area (Å²) in [6.45, 7) is 9.79. The first-order chi connectivity index (χ1) is 12.8. The maximum absolute atomic E-state index is 12.1. The highest BCUT2D eigenvalue weighted by atomic mass is 16.2. The van der Waals surface area contributed by atoms with Crippen LogP contribution in [-0.4, -0.2) is 29.0 Å². The number of aromatic nitrogens is 2. The fourth-order valence-corrected chi connectivity index (χ4v) is 2.98. The van der Waals surface area contributed by atoms with Gasteiger partial charge in [0, 0.05) is 41.6 Å². The van der Waals surface area contributed by atoms with Gasteiger partial charge in [-0.25, -0.2) is 4.98 Å². The monoisotopic (exact) mass is 367 g/mol. The predicted octanol–water partition coefficient (Wildman–Crippen LogP) is 4.50. The molecule has 2 heterocycles. The summed E-state index contributed by atoms with van der Waals surface area (Å²) in [4.78, 5) is 23.6.